The van der Waals surface area contributed by atoms with Crippen molar-refractivity contribution in [2.75, 3.05) is 13.2 Å². The maximum absolute atomic E-state index is 13.3. The van der Waals surface area contributed by atoms with Crippen LogP contribution in [0.1, 0.15) is 44.9 Å². The van der Waals surface area contributed by atoms with Gasteiger partial charge in [-0.15, -0.1) is 0 Å². The van der Waals surface area contributed by atoms with Crippen LogP contribution in [-0.4, -0.2) is 45.5 Å². The minimum Gasteiger partial charge on any atom is -0.437 e. The van der Waals surface area contributed by atoms with Gasteiger partial charge in [0.1, 0.15) is 5.75 Å². The Bertz CT molecular complexity index is 1150. The van der Waals surface area contributed by atoms with Crippen molar-refractivity contribution in [2.24, 2.45) is 0 Å². The molecule has 1 aliphatic heterocycles. The van der Waals surface area contributed by atoms with E-state index in [0.29, 0.717) is 29.7 Å². The molecule has 1 atom stereocenters. The van der Waals surface area contributed by atoms with Gasteiger partial charge in [0.05, 0.1) is 34.6 Å². The molecular weight excluding hydrogens is 464 g/mol. The average Bonchev–Trinajstić information content (AvgIpc) is 3.43. The largest absolute Gasteiger partial charge is 0.437 e. The van der Waals surface area contributed by atoms with Crippen molar-refractivity contribution in [3.8, 4) is 17.3 Å². The van der Waals surface area contributed by atoms with Gasteiger partial charge < -0.3 is 19.7 Å². The fraction of sp³-hybridized carbons (Fsp3) is 0.407. The van der Waals surface area contributed by atoms with E-state index < -0.39 is 0 Å². The summed E-state index contributed by atoms with van der Waals surface area (Å²) in [6, 6.07) is 17.0. The summed E-state index contributed by atoms with van der Waals surface area (Å²) in [6.45, 7) is 9.38. The number of nitrogens with zero attached hydrogens (tertiary/aromatic N) is 3. The van der Waals surface area contributed by atoms with E-state index in [1.807, 2.05) is 76.2 Å². The molecule has 2 aromatic carbocycles. The van der Waals surface area contributed by atoms with E-state index in [-0.39, 0.29) is 17.7 Å². The van der Waals surface area contributed by atoms with E-state index in [1.165, 1.54) is 0 Å². The quantitative estimate of drug-likeness (QED) is 0.428. The van der Waals surface area contributed by atoms with Gasteiger partial charge in [-0.3, -0.25) is 0 Å². The fourth-order valence-corrected chi connectivity index (χ4v) is 4.22. The number of carbonyl (C=O) groups is 1. The van der Waals surface area contributed by atoms with Gasteiger partial charge in [-0.1, -0.05) is 41.9 Å². The maximum atomic E-state index is 13.3. The molecular formula is C27H33ClN4O3. The van der Waals surface area contributed by atoms with Crippen LogP contribution in [0.3, 0.4) is 0 Å². The molecule has 1 N–H and O–H groups in total. The first kappa shape index (κ1) is 25.1. The lowest BCUT2D eigenvalue weighted by molar-refractivity contribution is 0.0779. The molecule has 0 saturated carbocycles. The Labute approximate surface area is 212 Å². The van der Waals surface area contributed by atoms with Crippen LogP contribution in [0.25, 0.3) is 5.69 Å². The number of rotatable bonds is 7. The van der Waals surface area contributed by atoms with Crippen molar-refractivity contribution in [1.29, 1.82) is 0 Å². The zero-order valence-electron chi connectivity index (χ0n) is 20.8. The van der Waals surface area contributed by atoms with Gasteiger partial charge >= 0.3 is 6.03 Å². The average molecular weight is 497 g/mol. The first-order valence-electron chi connectivity index (χ1n) is 12.0. The van der Waals surface area contributed by atoms with Crippen LogP contribution < -0.4 is 10.1 Å². The lowest BCUT2D eigenvalue weighted by Gasteiger charge is -2.30. The predicted molar refractivity (Wildman–Crippen MR) is 137 cm³/mol. The number of amides is 2. The molecule has 2 heterocycles. The van der Waals surface area contributed by atoms with E-state index in [0.717, 1.165) is 36.4 Å². The summed E-state index contributed by atoms with van der Waals surface area (Å²) >= 11 is 6.43. The van der Waals surface area contributed by atoms with E-state index in [9.17, 15) is 4.79 Å². The Hall–Kier alpha value is -3.03. The van der Waals surface area contributed by atoms with Gasteiger partial charge in [0.15, 0.2) is 0 Å². The summed E-state index contributed by atoms with van der Waals surface area (Å²) in [5.41, 5.74) is 2.08. The molecule has 1 aromatic heterocycles. The molecule has 0 bridgehead atoms. The lowest BCUT2D eigenvalue weighted by Crippen LogP contribution is -2.50. The van der Waals surface area contributed by atoms with Crippen LogP contribution in [0.2, 0.25) is 5.02 Å². The summed E-state index contributed by atoms with van der Waals surface area (Å²) in [6.07, 6.45) is 1.95. The Kier molecular flexibility index (Phi) is 7.67. The van der Waals surface area contributed by atoms with Crippen molar-refractivity contribution in [3.05, 3.63) is 70.9 Å². The normalized spacial score (nSPS) is 15.7. The van der Waals surface area contributed by atoms with Crippen LogP contribution in [0.15, 0.2) is 54.6 Å². The van der Waals surface area contributed by atoms with Crippen LogP contribution in [0.5, 0.6) is 11.6 Å². The van der Waals surface area contributed by atoms with Crippen molar-refractivity contribution in [1.82, 2.24) is 20.0 Å². The molecule has 0 aliphatic carbocycles. The van der Waals surface area contributed by atoms with Gasteiger partial charge in [-0.2, -0.15) is 5.10 Å². The number of aromatic nitrogens is 2. The third kappa shape index (κ3) is 6.35. The molecule has 0 unspecified atom stereocenters. The predicted octanol–water partition coefficient (Wildman–Crippen LogP) is 6.12. The molecule has 0 radical (unpaired) electrons. The zero-order chi connectivity index (χ0) is 25.0. The Balaban J connectivity index is 1.73. The molecule has 3 aromatic rings. The second kappa shape index (κ2) is 10.7. The van der Waals surface area contributed by atoms with Gasteiger partial charge in [0.2, 0.25) is 5.88 Å². The number of hydrogen-bond donors (Lipinski definition) is 1. The molecule has 1 fully saturated rings. The van der Waals surface area contributed by atoms with Crippen molar-refractivity contribution < 1.29 is 14.3 Å². The van der Waals surface area contributed by atoms with E-state index in [4.69, 9.17) is 26.2 Å². The minimum absolute atomic E-state index is 0.0122. The second-order valence-electron chi connectivity index (χ2n) is 9.84. The highest BCUT2D eigenvalue weighted by molar-refractivity contribution is 6.32. The SMILES string of the molecule is Cc1nn(-c2ccccc2)c(Oc2ccccc2Cl)c1CN(C[C@@H]1CCCO1)C(=O)NC(C)(C)C. The summed E-state index contributed by atoms with van der Waals surface area (Å²) in [5.74, 6) is 1.06. The fourth-order valence-electron chi connectivity index (χ4n) is 4.05. The van der Waals surface area contributed by atoms with Crippen LogP contribution in [-0.2, 0) is 11.3 Å². The molecule has 7 nitrogen and oxygen atoms in total. The topological polar surface area (TPSA) is 68.6 Å². The number of aryl methyl sites for hydroxylation is 1. The third-order valence-corrected chi connectivity index (χ3v) is 6.06. The number of ether oxygens (including phenoxy) is 2. The number of hydrogen-bond acceptors (Lipinski definition) is 4. The lowest BCUT2D eigenvalue weighted by atomic mass is 10.1. The molecule has 2 amide bonds. The molecule has 0 spiro atoms. The molecule has 1 aliphatic rings. The smallest absolute Gasteiger partial charge is 0.318 e. The first-order chi connectivity index (χ1) is 16.7. The number of benzene rings is 2. The second-order valence-corrected chi connectivity index (χ2v) is 10.3. The van der Waals surface area contributed by atoms with Gasteiger partial charge in [-0.25, -0.2) is 9.48 Å². The van der Waals surface area contributed by atoms with Crippen molar-refractivity contribution >= 4 is 17.6 Å². The van der Waals surface area contributed by atoms with Crippen molar-refractivity contribution in [2.45, 2.75) is 58.7 Å². The molecule has 35 heavy (non-hydrogen) atoms. The number of para-hydroxylation sites is 2. The van der Waals surface area contributed by atoms with Crippen LogP contribution in [0.4, 0.5) is 4.79 Å². The zero-order valence-corrected chi connectivity index (χ0v) is 21.5. The summed E-state index contributed by atoms with van der Waals surface area (Å²) < 4.78 is 14.0. The highest BCUT2D eigenvalue weighted by atomic mass is 35.5. The summed E-state index contributed by atoms with van der Waals surface area (Å²) in [5, 5.41) is 8.38. The number of nitrogens with one attached hydrogen (secondary N) is 1. The van der Waals surface area contributed by atoms with E-state index in [2.05, 4.69) is 5.32 Å². The Morgan fingerprint density at radius 2 is 1.91 bits per heavy atom. The van der Waals surface area contributed by atoms with Crippen molar-refractivity contribution in [3.63, 3.8) is 0 Å². The third-order valence-electron chi connectivity index (χ3n) is 5.75. The van der Waals surface area contributed by atoms with E-state index in [1.54, 1.807) is 15.6 Å². The van der Waals surface area contributed by atoms with Gasteiger partial charge in [0.25, 0.3) is 0 Å². The minimum atomic E-state index is -0.369. The summed E-state index contributed by atoms with van der Waals surface area (Å²) in [7, 11) is 0. The molecule has 1 saturated heterocycles. The monoisotopic (exact) mass is 496 g/mol. The molecule has 186 valence electrons. The maximum Gasteiger partial charge on any atom is 0.318 e. The van der Waals surface area contributed by atoms with Gasteiger partial charge in [0, 0.05) is 18.7 Å². The number of carbonyl (C=O) groups excluding carboxylic acids is 1. The van der Waals surface area contributed by atoms with Crippen LogP contribution >= 0.6 is 11.6 Å². The summed E-state index contributed by atoms with van der Waals surface area (Å²) in [4.78, 5) is 15.1. The number of halogens is 1. The standard InChI is InChI=1S/C27H33ClN4O3/c1-19-22(18-31(17-21-13-10-16-34-21)26(33)29-27(2,3)4)25(35-24-15-9-8-14-23(24)28)32(30-19)20-11-6-5-7-12-20/h5-9,11-12,14-15,21H,10,13,16-18H2,1-4H3,(H,29,33)/t21-/m0/s1. The van der Waals surface area contributed by atoms with Gasteiger partial charge in [-0.05, 0) is 64.8 Å². The highest BCUT2D eigenvalue weighted by Gasteiger charge is 2.29. The Morgan fingerprint density at radius 3 is 2.57 bits per heavy atom. The van der Waals surface area contributed by atoms with Crippen LogP contribution in [0, 0.1) is 6.92 Å². The van der Waals surface area contributed by atoms with E-state index >= 15 is 0 Å². The Morgan fingerprint density at radius 1 is 1.20 bits per heavy atom. The number of urea groups is 1. The molecule has 4 rings (SSSR count). The highest BCUT2D eigenvalue weighted by Crippen LogP contribution is 2.35. The molecule has 8 heteroatoms. The first-order valence-corrected chi connectivity index (χ1v) is 12.3.